The van der Waals surface area contributed by atoms with Crippen LogP contribution >= 0.6 is 0 Å². The standard InChI is InChI=1S/C14H14N4O/c1-18-9-11(16)8-13(18)14(19)17-12-4-2-10(3-5-12)6-7-15/h2-5,8-9H,6,16H2,1H3,(H,17,19). The molecule has 19 heavy (non-hydrogen) atoms. The van der Waals surface area contributed by atoms with Crippen LogP contribution < -0.4 is 11.1 Å². The second-order valence-electron chi connectivity index (χ2n) is 4.26. The summed E-state index contributed by atoms with van der Waals surface area (Å²) in [5.74, 6) is -0.216. The van der Waals surface area contributed by atoms with E-state index < -0.39 is 0 Å². The topological polar surface area (TPSA) is 83.8 Å². The Balaban J connectivity index is 2.11. The highest BCUT2D eigenvalue weighted by atomic mass is 16.1. The van der Waals surface area contributed by atoms with Gasteiger partial charge in [0.25, 0.3) is 5.91 Å². The van der Waals surface area contributed by atoms with Crippen molar-refractivity contribution in [1.82, 2.24) is 4.57 Å². The number of benzene rings is 1. The van der Waals surface area contributed by atoms with Gasteiger partial charge >= 0.3 is 0 Å². The van der Waals surface area contributed by atoms with Gasteiger partial charge in [-0.25, -0.2) is 0 Å². The summed E-state index contributed by atoms with van der Waals surface area (Å²) in [5.41, 5.74) is 8.29. The summed E-state index contributed by atoms with van der Waals surface area (Å²) in [6.45, 7) is 0. The Morgan fingerprint density at radius 2 is 2.11 bits per heavy atom. The molecule has 0 radical (unpaired) electrons. The van der Waals surface area contributed by atoms with Crippen molar-refractivity contribution >= 4 is 17.3 Å². The first-order chi connectivity index (χ1) is 9.10. The minimum atomic E-state index is -0.216. The maximum atomic E-state index is 12.0. The Labute approximate surface area is 111 Å². The van der Waals surface area contributed by atoms with E-state index >= 15 is 0 Å². The molecule has 0 saturated carbocycles. The number of nitrogens with one attached hydrogen (secondary N) is 1. The minimum absolute atomic E-state index is 0.216. The molecule has 2 aromatic rings. The SMILES string of the molecule is Cn1cc(N)cc1C(=O)Nc1ccc(CC#N)cc1. The van der Waals surface area contributed by atoms with Gasteiger partial charge in [-0.1, -0.05) is 12.1 Å². The average Bonchev–Trinajstić information content (AvgIpc) is 2.71. The lowest BCUT2D eigenvalue weighted by atomic mass is 10.1. The Bertz CT molecular complexity index is 634. The lowest BCUT2D eigenvalue weighted by molar-refractivity contribution is 0.101. The number of aromatic nitrogens is 1. The molecule has 1 heterocycles. The molecule has 0 aliphatic heterocycles. The van der Waals surface area contributed by atoms with Gasteiger partial charge in [0.05, 0.1) is 18.2 Å². The quantitative estimate of drug-likeness (QED) is 0.877. The summed E-state index contributed by atoms with van der Waals surface area (Å²) >= 11 is 0. The number of aryl methyl sites for hydroxylation is 1. The van der Waals surface area contributed by atoms with Crippen LogP contribution in [0.2, 0.25) is 0 Å². The van der Waals surface area contributed by atoms with Crippen molar-refractivity contribution in [3.05, 3.63) is 47.8 Å². The zero-order chi connectivity index (χ0) is 13.8. The molecule has 0 aliphatic rings. The van der Waals surface area contributed by atoms with Crippen molar-refractivity contribution in [2.24, 2.45) is 7.05 Å². The van der Waals surface area contributed by atoms with Crippen molar-refractivity contribution in [3.8, 4) is 6.07 Å². The predicted octanol–water partition coefficient (Wildman–Crippen LogP) is 1.93. The van der Waals surface area contributed by atoms with Gasteiger partial charge in [-0.2, -0.15) is 5.26 Å². The molecule has 0 unspecified atom stereocenters. The first-order valence-corrected chi connectivity index (χ1v) is 5.79. The molecule has 5 heteroatoms. The van der Waals surface area contributed by atoms with Crippen molar-refractivity contribution < 1.29 is 4.79 Å². The molecule has 2 rings (SSSR count). The molecule has 0 atom stereocenters. The van der Waals surface area contributed by atoms with Gasteiger partial charge in [0, 0.05) is 18.9 Å². The number of anilines is 2. The van der Waals surface area contributed by atoms with E-state index in [1.165, 1.54) is 0 Å². The van der Waals surface area contributed by atoms with Crippen LogP contribution in [-0.4, -0.2) is 10.5 Å². The van der Waals surface area contributed by atoms with Gasteiger partial charge in [0.15, 0.2) is 0 Å². The van der Waals surface area contributed by atoms with Crippen LogP contribution in [0.3, 0.4) is 0 Å². The maximum absolute atomic E-state index is 12.0. The first-order valence-electron chi connectivity index (χ1n) is 5.79. The Kier molecular flexibility index (Phi) is 3.53. The highest BCUT2D eigenvalue weighted by Gasteiger charge is 2.10. The van der Waals surface area contributed by atoms with E-state index in [4.69, 9.17) is 11.0 Å². The van der Waals surface area contributed by atoms with Gasteiger partial charge in [-0.05, 0) is 23.8 Å². The number of amides is 1. The van der Waals surface area contributed by atoms with Gasteiger partial charge < -0.3 is 15.6 Å². The normalized spacial score (nSPS) is 9.89. The minimum Gasteiger partial charge on any atom is -0.397 e. The van der Waals surface area contributed by atoms with Crippen molar-refractivity contribution in [1.29, 1.82) is 5.26 Å². The van der Waals surface area contributed by atoms with Gasteiger partial charge in [0.2, 0.25) is 0 Å². The predicted molar refractivity (Wildman–Crippen MR) is 73.5 cm³/mol. The van der Waals surface area contributed by atoms with Crippen molar-refractivity contribution in [2.45, 2.75) is 6.42 Å². The third-order valence-corrected chi connectivity index (χ3v) is 2.75. The summed E-state index contributed by atoms with van der Waals surface area (Å²) in [5, 5.41) is 11.4. The average molecular weight is 254 g/mol. The maximum Gasteiger partial charge on any atom is 0.272 e. The fraction of sp³-hybridized carbons (Fsp3) is 0.143. The number of nitrogens with two attached hydrogens (primary N) is 1. The van der Waals surface area contributed by atoms with E-state index in [2.05, 4.69) is 11.4 Å². The van der Waals surface area contributed by atoms with E-state index in [1.54, 1.807) is 36.0 Å². The van der Waals surface area contributed by atoms with Gasteiger partial charge in [-0.3, -0.25) is 4.79 Å². The van der Waals surface area contributed by atoms with Crippen LogP contribution in [0, 0.1) is 11.3 Å². The molecule has 96 valence electrons. The lowest BCUT2D eigenvalue weighted by Gasteiger charge is -2.06. The smallest absolute Gasteiger partial charge is 0.272 e. The van der Waals surface area contributed by atoms with E-state index in [0.29, 0.717) is 23.5 Å². The second kappa shape index (κ2) is 5.27. The number of nitrogens with zero attached hydrogens (tertiary/aromatic N) is 2. The van der Waals surface area contributed by atoms with Crippen LogP contribution in [0.4, 0.5) is 11.4 Å². The molecular weight excluding hydrogens is 240 g/mol. The Hall–Kier alpha value is -2.74. The van der Waals surface area contributed by atoms with Gasteiger partial charge in [-0.15, -0.1) is 0 Å². The molecule has 0 bridgehead atoms. The van der Waals surface area contributed by atoms with Crippen LogP contribution in [0.1, 0.15) is 16.1 Å². The number of carbonyl (C=O) groups excluding carboxylic acids is 1. The van der Waals surface area contributed by atoms with E-state index in [9.17, 15) is 4.79 Å². The molecule has 5 nitrogen and oxygen atoms in total. The molecule has 0 saturated heterocycles. The molecule has 0 aliphatic carbocycles. The van der Waals surface area contributed by atoms with Crippen molar-refractivity contribution in [2.75, 3.05) is 11.1 Å². The fourth-order valence-corrected chi connectivity index (χ4v) is 1.81. The van der Waals surface area contributed by atoms with Crippen LogP contribution in [-0.2, 0) is 13.5 Å². The lowest BCUT2D eigenvalue weighted by Crippen LogP contribution is -2.15. The van der Waals surface area contributed by atoms with Crippen LogP contribution in [0.25, 0.3) is 0 Å². The summed E-state index contributed by atoms with van der Waals surface area (Å²) in [7, 11) is 1.77. The third kappa shape index (κ3) is 2.93. The third-order valence-electron chi connectivity index (χ3n) is 2.75. The van der Waals surface area contributed by atoms with Crippen LogP contribution in [0.15, 0.2) is 36.5 Å². The summed E-state index contributed by atoms with van der Waals surface area (Å²) in [6.07, 6.45) is 2.05. The summed E-state index contributed by atoms with van der Waals surface area (Å²) in [4.78, 5) is 12.0. The van der Waals surface area contributed by atoms with Crippen LogP contribution in [0.5, 0.6) is 0 Å². The highest BCUT2D eigenvalue weighted by Crippen LogP contribution is 2.14. The fourth-order valence-electron chi connectivity index (χ4n) is 1.81. The van der Waals surface area contributed by atoms with Gasteiger partial charge in [0.1, 0.15) is 5.69 Å². The van der Waals surface area contributed by atoms with E-state index in [-0.39, 0.29) is 5.91 Å². The number of carbonyl (C=O) groups is 1. The molecule has 1 aromatic carbocycles. The molecule has 0 fully saturated rings. The number of hydrogen-bond donors (Lipinski definition) is 2. The number of nitrogen functional groups attached to an aromatic ring is 1. The monoisotopic (exact) mass is 254 g/mol. The van der Waals surface area contributed by atoms with E-state index in [1.807, 2.05) is 12.1 Å². The molecule has 3 N–H and O–H groups in total. The first kappa shape index (κ1) is 12.7. The van der Waals surface area contributed by atoms with Crippen molar-refractivity contribution in [3.63, 3.8) is 0 Å². The summed E-state index contributed by atoms with van der Waals surface area (Å²) < 4.78 is 1.68. The molecule has 0 spiro atoms. The second-order valence-corrected chi connectivity index (χ2v) is 4.26. The zero-order valence-electron chi connectivity index (χ0n) is 10.6. The number of nitriles is 1. The largest absolute Gasteiger partial charge is 0.397 e. The molecular formula is C14H14N4O. The number of hydrogen-bond acceptors (Lipinski definition) is 3. The number of rotatable bonds is 3. The Morgan fingerprint density at radius 1 is 1.42 bits per heavy atom. The molecule has 1 aromatic heterocycles. The highest BCUT2D eigenvalue weighted by molar-refractivity contribution is 6.03. The van der Waals surface area contributed by atoms with E-state index in [0.717, 1.165) is 5.56 Å². The zero-order valence-corrected chi connectivity index (χ0v) is 10.6. The molecule has 1 amide bonds. The Morgan fingerprint density at radius 3 is 2.63 bits per heavy atom. The summed E-state index contributed by atoms with van der Waals surface area (Å²) in [6, 6.07) is 10.9.